The number of hydrogen-bond acceptors (Lipinski definition) is 2. The second-order valence-electron chi connectivity index (χ2n) is 2.89. The summed E-state index contributed by atoms with van der Waals surface area (Å²) in [7, 11) is 1.56. The van der Waals surface area contributed by atoms with Crippen molar-refractivity contribution in [1.82, 2.24) is 9.78 Å². The van der Waals surface area contributed by atoms with Crippen LogP contribution in [0.3, 0.4) is 0 Å². The van der Waals surface area contributed by atoms with Crippen molar-refractivity contribution in [3.05, 3.63) is 17.0 Å². The van der Waals surface area contributed by atoms with Gasteiger partial charge in [0.25, 0.3) is 0 Å². The van der Waals surface area contributed by atoms with Crippen LogP contribution >= 0.6 is 11.8 Å². The Morgan fingerprint density at radius 1 is 1.38 bits per heavy atom. The SMILES string of the molecule is Cn1nc(C(F)(F)F)c2c1CSC2. The Balaban J connectivity index is 2.55. The average Bonchev–Trinajstić information content (AvgIpc) is 2.51. The zero-order valence-corrected chi connectivity index (χ0v) is 7.67. The third-order valence-electron chi connectivity index (χ3n) is 2.03. The fraction of sp³-hybridized carbons (Fsp3) is 0.571. The van der Waals surface area contributed by atoms with E-state index in [2.05, 4.69) is 5.10 Å². The molecule has 0 atom stereocenters. The number of aromatic nitrogens is 2. The molecule has 0 aromatic carbocycles. The summed E-state index contributed by atoms with van der Waals surface area (Å²) in [6, 6.07) is 0. The molecule has 0 radical (unpaired) electrons. The Morgan fingerprint density at radius 2 is 2.08 bits per heavy atom. The second-order valence-corrected chi connectivity index (χ2v) is 3.87. The van der Waals surface area contributed by atoms with Gasteiger partial charge in [-0.15, -0.1) is 0 Å². The monoisotopic (exact) mass is 208 g/mol. The molecule has 1 aliphatic heterocycles. The summed E-state index contributed by atoms with van der Waals surface area (Å²) in [4.78, 5) is 0. The van der Waals surface area contributed by atoms with Crippen molar-refractivity contribution in [3.8, 4) is 0 Å². The first-order valence-corrected chi connectivity index (χ1v) is 4.85. The Morgan fingerprint density at radius 3 is 2.69 bits per heavy atom. The normalized spacial score (nSPS) is 16.3. The van der Waals surface area contributed by atoms with E-state index in [1.165, 1.54) is 16.4 Å². The van der Waals surface area contributed by atoms with Crippen molar-refractivity contribution in [2.24, 2.45) is 7.05 Å². The van der Waals surface area contributed by atoms with Gasteiger partial charge in [-0.3, -0.25) is 4.68 Å². The van der Waals surface area contributed by atoms with Crippen molar-refractivity contribution >= 4 is 11.8 Å². The van der Waals surface area contributed by atoms with Crippen LogP contribution in [0.15, 0.2) is 0 Å². The van der Waals surface area contributed by atoms with Crippen LogP contribution in [0.5, 0.6) is 0 Å². The fourth-order valence-corrected chi connectivity index (χ4v) is 2.58. The molecule has 0 saturated heterocycles. The summed E-state index contributed by atoms with van der Waals surface area (Å²) in [5.41, 5.74) is 0.354. The number of rotatable bonds is 0. The molecular formula is C7H7F3N2S. The smallest absolute Gasteiger partial charge is 0.271 e. The standard InChI is InChI=1S/C7H7F3N2S/c1-12-5-3-13-2-4(5)6(11-12)7(8,9)10/h2-3H2,1H3. The highest BCUT2D eigenvalue weighted by molar-refractivity contribution is 7.98. The van der Waals surface area contributed by atoms with Gasteiger partial charge in [-0.05, 0) is 0 Å². The van der Waals surface area contributed by atoms with Gasteiger partial charge in [0.15, 0.2) is 5.69 Å². The number of aryl methyl sites for hydroxylation is 1. The average molecular weight is 208 g/mol. The van der Waals surface area contributed by atoms with Gasteiger partial charge in [0, 0.05) is 24.1 Å². The van der Waals surface area contributed by atoms with Gasteiger partial charge in [0.2, 0.25) is 0 Å². The minimum Gasteiger partial charge on any atom is -0.271 e. The van der Waals surface area contributed by atoms with E-state index >= 15 is 0 Å². The maximum atomic E-state index is 12.4. The maximum absolute atomic E-state index is 12.4. The molecule has 2 rings (SSSR count). The second kappa shape index (κ2) is 2.67. The van der Waals surface area contributed by atoms with Crippen LogP contribution in [0.4, 0.5) is 13.2 Å². The molecule has 0 unspecified atom stereocenters. The topological polar surface area (TPSA) is 17.8 Å². The van der Waals surface area contributed by atoms with E-state index in [0.717, 1.165) is 0 Å². The van der Waals surface area contributed by atoms with Crippen LogP contribution < -0.4 is 0 Å². The number of thioether (sulfide) groups is 1. The molecule has 0 fully saturated rings. The van der Waals surface area contributed by atoms with Gasteiger partial charge in [0.05, 0.1) is 5.69 Å². The molecule has 1 aromatic heterocycles. The maximum Gasteiger partial charge on any atom is 0.435 e. The van der Waals surface area contributed by atoms with Gasteiger partial charge < -0.3 is 0 Å². The first-order chi connectivity index (χ1) is 6.00. The number of hydrogen-bond donors (Lipinski definition) is 0. The minimum atomic E-state index is -4.31. The summed E-state index contributed by atoms with van der Waals surface area (Å²) in [6.07, 6.45) is -4.31. The molecule has 2 heterocycles. The lowest BCUT2D eigenvalue weighted by atomic mass is 10.2. The van der Waals surface area contributed by atoms with E-state index < -0.39 is 11.9 Å². The van der Waals surface area contributed by atoms with Crippen LogP contribution in [-0.2, 0) is 24.7 Å². The van der Waals surface area contributed by atoms with Crippen LogP contribution in [0, 0.1) is 0 Å². The van der Waals surface area contributed by atoms with E-state index in [9.17, 15) is 13.2 Å². The van der Waals surface area contributed by atoms with Crippen molar-refractivity contribution in [2.75, 3.05) is 0 Å². The molecular weight excluding hydrogens is 201 g/mol. The number of nitrogens with zero attached hydrogens (tertiary/aromatic N) is 2. The van der Waals surface area contributed by atoms with Crippen molar-refractivity contribution in [1.29, 1.82) is 0 Å². The van der Waals surface area contributed by atoms with Gasteiger partial charge in [-0.1, -0.05) is 0 Å². The van der Waals surface area contributed by atoms with Crippen LogP contribution in [0.1, 0.15) is 17.0 Å². The molecule has 13 heavy (non-hydrogen) atoms. The number of alkyl halides is 3. The highest BCUT2D eigenvalue weighted by atomic mass is 32.2. The Hall–Kier alpha value is -0.650. The summed E-state index contributed by atoms with van der Waals surface area (Å²) >= 11 is 1.49. The highest BCUT2D eigenvalue weighted by Crippen LogP contribution is 2.39. The van der Waals surface area contributed by atoms with E-state index in [1.807, 2.05) is 0 Å². The summed E-state index contributed by atoms with van der Waals surface area (Å²) in [5, 5.41) is 3.48. The molecule has 0 spiro atoms. The molecule has 0 amide bonds. The van der Waals surface area contributed by atoms with E-state index in [-0.39, 0.29) is 0 Å². The van der Waals surface area contributed by atoms with Crippen LogP contribution in [0.25, 0.3) is 0 Å². The highest BCUT2D eigenvalue weighted by Gasteiger charge is 2.39. The molecule has 0 aliphatic carbocycles. The lowest BCUT2D eigenvalue weighted by molar-refractivity contribution is -0.141. The van der Waals surface area contributed by atoms with E-state index in [0.29, 0.717) is 22.8 Å². The lowest BCUT2D eigenvalue weighted by Gasteiger charge is -2.02. The fourth-order valence-electron chi connectivity index (χ4n) is 1.41. The zero-order chi connectivity index (χ0) is 9.64. The predicted molar refractivity (Wildman–Crippen MR) is 43.2 cm³/mol. The van der Waals surface area contributed by atoms with Crippen molar-refractivity contribution in [2.45, 2.75) is 17.7 Å². The molecule has 0 bridgehead atoms. The summed E-state index contributed by atoms with van der Waals surface area (Å²) in [6.45, 7) is 0. The molecule has 2 nitrogen and oxygen atoms in total. The van der Waals surface area contributed by atoms with Crippen molar-refractivity contribution < 1.29 is 13.2 Å². The quantitative estimate of drug-likeness (QED) is 0.650. The van der Waals surface area contributed by atoms with Gasteiger partial charge in [0.1, 0.15) is 0 Å². The molecule has 72 valence electrons. The van der Waals surface area contributed by atoms with Crippen molar-refractivity contribution in [3.63, 3.8) is 0 Å². The van der Waals surface area contributed by atoms with E-state index in [1.54, 1.807) is 7.05 Å². The molecule has 0 N–H and O–H groups in total. The lowest BCUT2D eigenvalue weighted by Crippen LogP contribution is -2.09. The third-order valence-corrected chi connectivity index (χ3v) is 3.00. The molecule has 6 heteroatoms. The van der Waals surface area contributed by atoms with Gasteiger partial charge in [-0.25, -0.2) is 0 Å². The third kappa shape index (κ3) is 1.33. The van der Waals surface area contributed by atoms with Crippen LogP contribution in [-0.4, -0.2) is 9.78 Å². The zero-order valence-electron chi connectivity index (χ0n) is 6.85. The van der Waals surface area contributed by atoms with Gasteiger partial charge in [-0.2, -0.15) is 30.0 Å². The summed E-state index contributed by atoms with van der Waals surface area (Å²) in [5.74, 6) is 1.06. The summed E-state index contributed by atoms with van der Waals surface area (Å²) < 4.78 is 38.4. The largest absolute Gasteiger partial charge is 0.435 e. The predicted octanol–water partition coefficient (Wildman–Crippen LogP) is 2.19. The van der Waals surface area contributed by atoms with Gasteiger partial charge >= 0.3 is 6.18 Å². The molecule has 1 aromatic rings. The Labute approximate surface area is 77.1 Å². The minimum absolute atomic E-state index is 0.361. The molecule has 0 saturated carbocycles. The number of fused-ring (bicyclic) bond motifs is 1. The van der Waals surface area contributed by atoms with E-state index in [4.69, 9.17) is 0 Å². The molecule has 1 aliphatic rings. The number of halogens is 3. The Bertz CT molecular complexity index is 342. The first-order valence-electron chi connectivity index (χ1n) is 3.70. The van der Waals surface area contributed by atoms with Crippen LogP contribution in [0.2, 0.25) is 0 Å². The Kier molecular flexibility index (Phi) is 1.83. The first kappa shape index (κ1) is 8.93.